The Hall–Kier alpha value is -1.95. The van der Waals surface area contributed by atoms with E-state index in [9.17, 15) is 0 Å². The first-order valence-electron chi connectivity index (χ1n) is 6.85. The van der Waals surface area contributed by atoms with Gasteiger partial charge in [-0.25, -0.2) is 5.43 Å². The largest absolute Gasteiger partial charge is 0.491 e. The van der Waals surface area contributed by atoms with Crippen LogP contribution in [0.4, 0.5) is 0 Å². The minimum atomic E-state index is -0.170. The third kappa shape index (κ3) is 4.01. The summed E-state index contributed by atoms with van der Waals surface area (Å²) in [6, 6.07) is 11.6. The van der Waals surface area contributed by atoms with Gasteiger partial charge >= 0.3 is 0 Å². The van der Waals surface area contributed by atoms with Crippen molar-refractivity contribution in [2.75, 3.05) is 20.3 Å². The lowest BCUT2D eigenvalue weighted by atomic mass is 9.99. The van der Waals surface area contributed by atoms with Crippen LogP contribution < -0.4 is 16.0 Å². The van der Waals surface area contributed by atoms with Crippen LogP contribution in [0.2, 0.25) is 0 Å². The van der Waals surface area contributed by atoms with E-state index < -0.39 is 0 Å². The van der Waals surface area contributed by atoms with Gasteiger partial charge in [0, 0.05) is 24.6 Å². The van der Waals surface area contributed by atoms with E-state index in [4.69, 9.17) is 15.3 Å². The average molecular weight is 287 g/mol. The Bertz CT molecular complexity index is 558. The number of ether oxygens (including phenoxy) is 2. The topological polar surface area (TPSA) is 69.4 Å². The highest BCUT2D eigenvalue weighted by atomic mass is 16.5. The van der Waals surface area contributed by atoms with Crippen LogP contribution in [0.25, 0.3) is 0 Å². The monoisotopic (exact) mass is 287 g/mol. The van der Waals surface area contributed by atoms with E-state index in [0.717, 1.165) is 22.6 Å². The highest BCUT2D eigenvalue weighted by Crippen LogP contribution is 2.29. The summed E-state index contributed by atoms with van der Waals surface area (Å²) < 4.78 is 10.8. The van der Waals surface area contributed by atoms with Crippen molar-refractivity contribution in [1.29, 1.82) is 0 Å². The molecule has 1 aromatic carbocycles. The Morgan fingerprint density at radius 3 is 2.67 bits per heavy atom. The molecule has 0 saturated carbocycles. The molecule has 5 heteroatoms. The molecule has 0 aliphatic carbocycles. The van der Waals surface area contributed by atoms with Crippen LogP contribution in [0, 0.1) is 6.92 Å². The highest BCUT2D eigenvalue weighted by Gasteiger charge is 2.17. The molecule has 21 heavy (non-hydrogen) atoms. The number of aromatic nitrogens is 1. The zero-order chi connectivity index (χ0) is 15.1. The number of nitrogens with one attached hydrogen (secondary N) is 1. The van der Waals surface area contributed by atoms with Crippen LogP contribution in [0.5, 0.6) is 5.75 Å². The number of rotatable bonds is 7. The van der Waals surface area contributed by atoms with Crippen LogP contribution in [0.15, 0.2) is 42.6 Å². The van der Waals surface area contributed by atoms with Gasteiger partial charge in [0.05, 0.1) is 12.6 Å². The SMILES string of the molecule is COCCOc1ccccc1C(NN)c1ccc(C)nc1. The van der Waals surface area contributed by atoms with Crippen molar-refractivity contribution in [2.45, 2.75) is 13.0 Å². The Balaban J connectivity index is 2.27. The van der Waals surface area contributed by atoms with E-state index in [1.807, 2.05) is 49.5 Å². The van der Waals surface area contributed by atoms with Crippen LogP contribution in [0.1, 0.15) is 22.9 Å². The molecule has 0 saturated heterocycles. The zero-order valence-electron chi connectivity index (χ0n) is 12.4. The smallest absolute Gasteiger partial charge is 0.124 e. The molecule has 1 aromatic heterocycles. The molecule has 1 unspecified atom stereocenters. The molecule has 0 fully saturated rings. The second-order valence-corrected chi connectivity index (χ2v) is 4.71. The first-order chi connectivity index (χ1) is 10.3. The molecule has 0 amide bonds. The van der Waals surface area contributed by atoms with Crippen molar-refractivity contribution >= 4 is 0 Å². The summed E-state index contributed by atoms with van der Waals surface area (Å²) in [5.41, 5.74) is 5.77. The first kappa shape index (κ1) is 15.4. The van der Waals surface area contributed by atoms with E-state index in [1.54, 1.807) is 7.11 Å². The van der Waals surface area contributed by atoms with Gasteiger partial charge in [-0.1, -0.05) is 24.3 Å². The number of pyridine rings is 1. The van der Waals surface area contributed by atoms with Crippen molar-refractivity contribution in [1.82, 2.24) is 10.4 Å². The maximum absolute atomic E-state index is 5.76. The standard InChI is InChI=1S/C16H21N3O2/c1-12-7-8-13(11-18-12)16(19-17)14-5-3-4-6-15(14)21-10-9-20-2/h3-8,11,16,19H,9-10,17H2,1-2H3. The Morgan fingerprint density at radius 1 is 1.19 bits per heavy atom. The predicted molar refractivity (Wildman–Crippen MR) is 82.0 cm³/mol. The van der Waals surface area contributed by atoms with Crippen molar-refractivity contribution in [2.24, 2.45) is 5.84 Å². The van der Waals surface area contributed by atoms with Crippen LogP contribution in [-0.2, 0) is 4.74 Å². The van der Waals surface area contributed by atoms with E-state index in [-0.39, 0.29) is 6.04 Å². The van der Waals surface area contributed by atoms with Crippen molar-refractivity contribution in [3.63, 3.8) is 0 Å². The maximum atomic E-state index is 5.76. The summed E-state index contributed by atoms with van der Waals surface area (Å²) in [6.07, 6.45) is 1.83. The molecule has 5 nitrogen and oxygen atoms in total. The molecule has 2 aromatic rings. The molecule has 0 bridgehead atoms. The van der Waals surface area contributed by atoms with Gasteiger partial charge in [-0.15, -0.1) is 0 Å². The molecule has 1 atom stereocenters. The number of hydrogen-bond acceptors (Lipinski definition) is 5. The molecule has 0 aliphatic heterocycles. The molecule has 0 radical (unpaired) electrons. The lowest BCUT2D eigenvalue weighted by Crippen LogP contribution is -2.29. The fourth-order valence-electron chi connectivity index (χ4n) is 2.10. The fraction of sp³-hybridized carbons (Fsp3) is 0.312. The summed E-state index contributed by atoms with van der Waals surface area (Å²) in [7, 11) is 1.65. The lowest BCUT2D eigenvalue weighted by Gasteiger charge is -2.20. The molecule has 112 valence electrons. The van der Waals surface area contributed by atoms with Gasteiger partial charge in [-0.2, -0.15) is 0 Å². The predicted octanol–water partition coefficient (Wildman–Crippen LogP) is 1.97. The van der Waals surface area contributed by atoms with Crippen molar-refractivity contribution in [3.05, 3.63) is 59.4 Å². The number of hydrogen-bond donors (Lipinski definition) is 2. The van der Waals surface area contributed by atoms with Crippen molar-refractivity contribution in [3.8, 4) is 5.75 Å². The van der Waals surface area contributed by atoms with Crippen LogP contribution in [-0.4, -0.2) is 25.3 Å². The van der Waals surface area contributed by atoms with E-state index in [1.165, 1.54) is 0 Å². The van der Waals surface area contributed by atoms with E-state index in [2.05, 4.69) is 10.4 Å². The van der Waals surface area contributed by atoms with Gasteiger partial charge in [0.2, 0.25) is 0 Å². The number of para-hydroxylation sites is 1. The van der Waals surface area contributed by atoms with Crippen molar-refractivity contribution < 1.29 is 9.47 Å². The first-order valence-corrected chi connectivity index (χ1v) is 6.85. The number of hydrazine groups is 1. The maximum Gasteiger partial charge on any atom is 0.124 e. The molecule has 3 N–H and O–H groups in total. The zero-order valence-corrected chi connectivity index (χ0v) is 12.4. The van der Waals surface area contributed by atoms with Crippen LogP contribution >= 0.6 is 0 Å². The molecule has 0 spiro atoms. The summed E-state index contributed by atoms with van der Waals surface area (Å²) in [5.74, 6) is 6.53. The van der Waals surface area contributed by atoms with Gasteiger partial charge < -0.3 is 9.47 Å². The normalized spacial score (nSPS) is 12.1. The minimum absolute atomic E-state index is 0.170. The second kappa shape index (κ2) is 7.73. The lowest BCUT2D eigenvalue weighted by molar-refractivity contribution is 0.145. The number of aryl methyl sites for hydroxylation is 1. The third-order valence-electron chi connectivity index (χ3n) is 3.21. The molecule has 1 heterocycles. The number of nitrogens with zero attached hydrogens (tertiary/aromatic N) is 1. The fourth-order valence-corrected chi connectivity index (χ4v) is 2.10. The van der Waals surface area contributed by atoms with Gasteiger partial charge in [0.15, 0.2) is 0 Å². The highest BCUT2D eigenvalue weighted by molar-refractivity contribution is 5.41. The summed E-state index contributed by atoms with van der Waals surface area (Å²) >= 11 is 0. The molecular formula is C16H21N3O2. The number of methoxy groups -OCH3 is 1. The molecule has 0 aliphatic rings. The summed E-state index contributed by atoms with van der Waals surface area (Å²) in [5, 5.41) is 0. The number of nitrogens with two attached hydrogens (primary N) is 1. The van der Waals surface area contributed by atoms with Gasteiger partial charge in [0.1, 0.15) is 12.4 Å². The van der Waals surface area contributed by atoms with Gasteiger partial charge in [-0.05, 0) is 24.6 Å². The third-order valence-corrected chi connectivity index (χ3v) is 3.21. The Labute approximate surface area is 125 Å². The van der Waals surface area contributed by atoms with E-state index in [0.29, 0.717) is 13.2 Å². The van der Waals surface area contributed by atoms with Gasteiger partial charge in [-0.3, -0.25) is 10.8 Å². The van der Waals surface area contributed by atoms with Crippen LogP contribution in [0.3, 0.4) is 0 Å². The van der Waals surface area contributed by atoms with Gasteiger partial charge in [0.25, 0.3) is 0 Å². The molecule has 2 rings (SSSR count). The Kier molecular flexibility index (Phi) is 5.68. The quantitative estimate of drug-likeness (QED) is 0.463. The minimum Gasteiger partial charge on any atom is -0.491 e. The average Bonchev–Trinajstić information content (AvgIpc) is 2.51. The van der Waals surface area contributed by atoms with E-state index >= 15 is 0 Å². The second-order valence-electron chi connectivity index (χ2n) is 4.71. The summed E-state index contributed by atoms with van der Waals surface area (Å²) in [6.45, 7) is 2.99. The summed E-state index contributed by atoms with van der Waals surface area (Å²) in [4.78, 5) is 4.32. The number of benzene rings is 1. The Morgan fingerprint density at radius 2 is 2.00 bits per heavy atom. The molecular weight excluding hydrogens is 266 g/mol.